The summed E-state index contributed by atoms with van der Waals surface area (Å²) in [5, 5.41) is 3.63. The van der Waals surface area contributed by atoms with Gasteiger partial charge in [0.2, 0.25) is 0 Å². The molecule has 0 amide bonds. The van der Waals surface area contributed by atoms with Crippen LogP contribution in [-0.4, -0.2) is 18.7 Å². The zero-order chi connectivity index (χ0) is 18.2. The zero-order valence-corrected chi connectivity index (χ0v) is 19.1. The van der Waals surface area contributed by atoms with Gasteiger partial charge in [0.05, 0.1) is 0 Å². The normalized spacial score (nSPS) is 11.2. The summed E-state index contributed by atoms with van der Waals surface area (Å²) in [6.45, 7) is 8.51. The fourth-order valence-electron chi connectivity index (χ4n) is 3.05. The van der Waals surface area contributed by atoms with E-state index in [0.29, 0.717) is 6.61 Å². The number of hydrogen-bond acceptors (Lipinski definition) is 2. The molecule has 0 fully saturated rings. The van der Waals surface area contributed by atoms with Crippen LogP contribution in [-0.2, 0) is 0 Å². The molecule has 0 heterocycles. The van der Waals surface area contributed by atoms with E-state index in [1.165, 1.54) is 70.6 Å². The highest BCUT2D eigenvalue weighted by molar-refractivity contribution is 8.93. The highest BCUT2D eigenvalue weighted by Crippen LogP contribution is 2.13. The Morgan fingerprint density at radius 3 is 1.81 bits per heavy atom. The SMILES string of the molecule is Br.CCCCCCCCCCCCCNC(C)(C)COc1ccccc1. The molecule has 26 heavy (non-hydrogen) atoms. The first kappa shape index (κ1) is 25.5. The molecule has 0 bridgehead atoms. The van der Waals surface area contributed by atoms with E-state index in [-0.39, 0.29) is 22.5 Å². The Labute approximate surface area is 173 Å². The lowest BCUT2D eigenvalue weighted by Crippen LogP contribution is -2.45. The Bertz CT molecular complexity index is 408. The highest BCUT2D eigenvalue weighted by Gasteiger charge is 2.17. The Hall–Kier alpha value is -0.540. The van der Waals surface area contributed by atoms with E-state index in [1.807, 2.05) is 30.3 Å². The first-order chi connectivity index (χ1) is 12.1. The fourth-order valence-corrected chi connectivity index (χ4v) is 3.05. The minimum atomic E-state index is 0. The van der Waals surface area contributed by atoms with Crippen LogP contribution in [0.5, 0.6) is 5.75 Å². The maximum absolute atomic E-state index is 5.87. The molecule has 0 saturated carbocycles. The number of hydrogen-bond donors (Lipinski definition) is 1. The molecule has 0 atom stereocenters. The first-order valence-electron chi connectivity index (χ1n) is 10.6. The summed E-state index contributed by atoms with van der Waals surface area (Å²) in [5.41, 5.74) is 0.0222. The molecule has 3 heteroatoms. The summed E-state index contributed by atoms with van der Waals surface area (Å²) >= 11 is 0. The van der Waals surface area contributed by atoms with Crippen LogP contribution in [0.1, 0.15) is 91.4 Å². The number of nitrogens with one attached hydrogen (secondary N) is 1. The molecule has 0 unspecified atom stereocenters. The number of unbranched alkanes of at least 4 members (excludes halogenated alkanes) is 10. The van der Waals surface area contributed by atoms with Crippen molar-refractivity contribution < 1.29 is 4.74 Å². The quantitative estimate of drug-likeness (QED) is 0.279. The van der Waals surface area contributed by atoms with Crippen molar-refractivity contribution in [1.29, 1.82) is 0 Å². The van der Waals surface area contributed by atoms with Crippen LogP contribution in [0.4, 0.5) is 0 Å². The molecule has 0 aromatic heterocycles. The van der Waals surface area contributed by atoms with Crippen LogP contribution in [0.2, 0.25) is 0 Å². The van der Waals surface area contributed by atoms with E-state index in [2.05, 4.69) is 26.1 Å². The van der Waals surface area contributed by atoms with Gasteiger partial charge in [-0.2, -0.15) is 0 Å². The third-order valence-corrected chi connectivity index (χ3v) is 4.73. The van der Waals surface area contributed by atoms with Crippen molar-refractivity contribution in [2.45, 2.75) is 96.9 Å². The maximum atomic E-state index is 5.87. The Morgan fingerprint density at radius 1 is 0.769 bits per heavy atom. The van der Waals surface area contributed by atoms with Crippen molar-refractivity contribution in [3.63, 3.8) is 0 Å². The van der Waals surface area contributed by atoms with Crippen LogP contribution < -0.4 is 10.1 Å². The van der Waals surface area contributed by atoms with E-state index in [0.717, 1.165) is 12.3 Å². The van der Waals surface area contributed by atoms with Gasteiger partial charge in [-0.15, -0.1) is 17.0 Å². The van der Waals surface area contributed by atoms with E-state index in [1.54, 1.807) is 0 Å². The number of benzene rings is 1. The second-order valence-electron chi connectivity index (χ2n) is 7.95. The lowest BCUT2D eigenvalue weighted by atomic mass is 10.0. The molecule has 0 saturated heterocycles. The van der Waals surface area contributed by atoms with Gasteiger partial charge >= 0.3 is 0 Å². The van der Waals surface area contributed by atoms with Crippen LogP contribution in [0.25, 0.3) is 0 Å². The van der Waals surface area contributed by atoms with Crippen LogP contribution in [0.3, 0.4) is 0 Å². The third-order valence-electron chi connectivity index (χ3n) is 4.73. The molecular weight excluding hydrogens is 386 g/mol. The molecule has 152 valence electrons. The van der Waals surface area contributed by atoms with Gasteiger partial charge in [-0.1, -0.05) is 89.3 Å². The lowest BCUT2D eigenvalue weighted by molar-refractivity contribution is 0.208. The average Bonchev–Trinajstić information content (AvgIpc) is 2.62. The van der Waals surface area contributed by atoms with Crippen LogP contribution in [0.15, 0.2) is 30.3 Å². The van der Waals surface area contributed by atoms with Gasteiger partial charge < -0.3 is 10.1 Å². The predicted octanol–water partition coefficient (Wildman–Crippen LogP) is 7.32. The average molecular weight is 428 g/mol. The molecule has 0 radical (unpaired) electrons. The molecule has 0 aliphatic carbocycles. The molecular formula is C23H42BrNO. The molecule has 0 aliphatic rings. The lowest BCUT2D eigenvalue weighted by Gasteiger charge is -2.26. The number of rotatable bonds is 16. The number of para-hydroxylation sites is 1. The van der Waals surface area contributed by atoms with Crippen molar-refractivity contribution >= 4 is 17.0 Å². The van der Waals surface area contributed by atoms with E-state index >= 15 is 0 Å². The van der Waals surface area contributed by atoms with Gasteiger partial charge in [0.1, 0.15) is 12.4 Å². The molecule has 2 nitrogen and oxygen atoms in total. The summed E-state index contributed by atoms with van der Waals surface area (Å²) in [4.78, 5) is 0. The Balaban J connectivity index is 0.00000625. The second kappa shape index (κ2) is 16.6. The van der Waals surface area contributed by atoms with Gasteiger partial charge in [0, 0.05) is 5.54 Å². The third kappa shape index (κ3) is 14.6. The Morgan fingerprint density at radius 2 is 1.27 bits per heavy atom. The molecule has 1 aromatic carbocycles. The largest absolute Gasteiger partial charge is 0.492 e. The molecule has 0 spiro atoms. The van der Waals surface area contributed by atoms with Crippen molar-refractivity contribution in [1.82, 2.24) is 5.32 Å². The highest BCUT2D eigenvalue weighted by atomic mass is 79.9. The number of halogens is 1. The second-order valence-corrected chi connectivity index (χ2v) is 7.95. The summed E-state index contributed by atoms with van der Waals surface area (Å²) in [6, 6.07) is 10.1. The first-order valence-corrected chi connectivity index (χ1v) is 10.6. The van der Waals surface area contributed by atoms with Gasteiger partial charge in [0.25, 0.3) is 0 Å². The summed E-state index contributed by atoms with van der Waals surface area (Å²) < 4.78 is 5.87. The van der Waals surface area contributed by atoms with Gasteiger partial charge in [-0.25, -0.2) is 0 Å². The van der Waals surface area contributed by atoms with E-state index in [4.69, 9.17) is 4.74 Å². The summed E-state index contributed by atoms with van der Waals surface area (Å²) in [6.07, 6.45) is 15.4. The minimum Gasteiger partial charge on any atom is -0.492 e. The zero-order valence-electron chi connectivity index (χ0n) is 17.4. The molecule has 1 N–H and O–H groups in total. The predicted molar refractivity (Wildman–Crippen MR) is 121 cm³/mol. The molecule has 1 rings (SSSR count). The summed E-state index contributed by atoms with van der Waals surface area (Å²) in [5.74, 6) is 0.951. The number of ether oxygens (including phenoxy) is 1. The summed E-state index contributed by atoms with van der Waals surface area (Å²) in [7, 11) is 0. The van der Waals surface area contributed by atoms with Crippen LogP contribution >= 0.6 is 17.0 Å². The Kier molecular flexibility index (Phi) is 16.3. The van der Waals surface area contributed by atoms with Crippen molar-refractivity contribution in [2.24, 2.45) is 0 Å². The fraction of sp³-hybridized carbons (Fsp3) is 0.739. The molecule has 0 aliphatic heterocycles. The van der Waals surface area contributed by atoms with Gasteiger partial charge in [-0.3, -0.25) is 0 Å². The standard InChI is InChI=1S/C23H41NO.BrH/c1-4-5-6-7-8-9-10-11-12-13-17-20-24-23(2,3)21-25-22-18-15-14-16-19-22;/h14-16,18-19,24H,4-13,17,20-21H2,1-3H3;1H. The van der Waals surface area contributed by atoms with Crippen molar-refractivity contribution in [3.05, 3.63) is 30.3 Å². The monoisotopic (exact) mass is 427 g/mol. The van der Waals surface area contributed by atoms with Gasteiger partial charge in [0.15, 0.2) is 0 Å². The smallest absolute Gasteiger partial charge is 0.119 e. The topological polar surface area (TPSA) is 21.3 Å². The van der Waals surface area contributed by atoms with Gasteiger partial charge in [-0.05, 0) is 38.9 Å². The maximum Gasteiger partial charge on any atom is 0.119 e. The van der Waals surface area contributed by atoms with Crippen LogP contribution in [0, 0.1) is 0 Å². The van der Waals surface area contributed by atoms with Crippen molar-refractivity contribution in [2.75, 3.05) is 13.2 Å². The van der Waals surface area contributed by atoms with E-state index < -0.39 is 0 Å². The molecule has 1 aromatic rings. The minimum absolute atomic E-state index is 0. The van der Waals surface area contributed by atoms with E-state index in [9.17, 15) is 0 Å². The van der Waals surface area contributed by atoms with Crippen molar-refractivity contribution in [3.8, 4) is 5.75 Å².